The quantitative estimate of drug-likeness (QED) is 0.498. The second-order valence-corrected chi connectivity index (χ2v) is 9.40. The Labute approximate surface area is 195 Å². The van der Waals surface area contributed by atoms with E-state index in [1.54, 1.807) is 12.1 Å². The monoisotopic (exact) mass is 457 g/mol. The van der Waals surface area contributed by atoms with Crippen LogP contribution >= 0.6 is 0 Å². The van der Waals surface area contributed by atoms with Gasteiger partial charge in [-0.05, 0) is 31.7 Å². The molecule has 0 radical (unpaired) electrons. The van der Waals surface area contributed by atoms with Crippen molar-refractivity contribution in [1.29, 1.82) is 0 Å². The molecular formula is C24H35N5O4. The first-order valence-electron chi connectivity index (χ1n) is 12.3. The standard InChI is InChI=1S/C24H35N5O4/c30-23(27-11-5-1-2-6-12-27)19-25-15-17-28(18-16-25)24(31)20-9-13-26(14-10-20)21-7-3-4-8-22(21)29(32)33/h3-4,7-8,20H,1-2,5-6,9-19H2. The molecule has 0 unspecified atom stereocenters. The maximum absolute atomic E-state index is 13.1. The molecular weight excluding hydrogens is 422 g/mol. The van der Waals surface area contributed by atoms with Crippen molar-refractivity contribution in [3.8, 4) is 0 Å². The van der Waals surface area contributed by atoms with E-state index < -0.39 is 0 Å². The molecule has 3 aliphatic rings. The number of hydrogen-bond donors (Lipinski definition) is 0. The Morgan fingerprint density at radius 3 is 2.12 bits per heavy atom. The third-order valence-electron chi connectivity index (χ3n) is 7.26. The van der Waals surface area contributed by atoms with E-state index in [0.717, 1.165) is 39.0 Å². The highest BCUT2D eigenvalue weighted by molar-refractivity contribution is 5.80. The van der Waals surface area contributed by atoms with E-state index in [2.05, 4.69) is 4.90 Å². The Kier molecular flexibility index (Phi) is 7.80. The third kappa shape index (κ3) is 5.82. The molecule has 0 N–H and O–H groups in total. The average Bonchev–Trinajstić information content (AvgIpc) is 3.14. The number of benzene rings is 1. The van der Waals surface area contributed by atoms with Crippen LogP contribution in [0.25, 0.3) is 0 Å². The first-order chi connectivity index (χ1) is 16.0. The molecule has 0 saturated carbocycles. The van der Waals surface area contributed by atoms with E-state index in [4.69, 9.17) is 0 Å². The van der Waals surface area contributed by atoms with Crippen LogP contribution in [0, 0.1) is 16.0 Å². The van der Waals surface area contributed by atoms with Gasteiger partial charge >= 0.3 is 0 Å². The summed E-state index contributed by atoms with van der Waals surface area (Å²) in [6, 6.07) is 6.81. The van der Waals surface area contributed by atoms with Crippen molar-refractivity contribution in [2.45, 2.75) is 38.5 Å². The first-order valence-corrected chi connectivity index (χ1v) is 12.3. The van der Waals surface area contributed by atoms with E-state index in [1.165, 1.54) is 18.9 Å². The van der Waals surface area contributed by atoms with Gasteiger partial charge in [-0.15, -0.1) is 0 Å². The molecule has 3 heterocycles. The highest BCUT2D eigenvalue weighted by Crippen LogP contribution is 2.31. The van der Waals surface area contributed by atoms with E-state index in [0.29, 0.717) is 51.3 Å². The predicted molar refractivity (Wildman–Crippen MR) is 126 cm³/mol. The van der Waals surface area contributed by atoms with E-state index in [1.807, 2.05) is 20.8 Å². The number of piperidine rings is 1. The molecule has 3 saturated heterocycles. The van der Waals surface area contributed by atoms with Gasteiger partial charge in [0.25, 0.3) is 5.69 Å². The van der Waals surface area contributed by atoms with E-state index in [9.17, 15) is 19.7 Å². The van der Waals surface area contributed by atoms with Gasteiger partial charge in [-0.1, -0.05) is 25.0 Å². The van der Waals surface area contributed by atoms with Crippen molar-refractivity contribution < 1.29 is 14.5 Å². The highest BCUT2D eigenvalue weighted by atomic mass is 16.6. The number of carbonyl (C=O) groups excluding carboxylic acids is 2. The SMILES string of the molecule is O=C(CN1CCN(C(=O)C2CCN(c3ccccc3[N+](=O)[O-])CC2)CC1)N1CCCCCC1. The summed E-state index contributed by atoms with van der Waals surface area (Å²) in [5, 5.41) is 11.3. The minimum absolute atomic E-state index is 0.0331. The predicted octanol–water partition coefficient (Wildman–Crippen LogP) is 2.36. The number of hydrogen-bond acceptors (Lipinski definition) is 6. The molecule has 1 aromatic carbocycles. The largest absolute Gasteiger partial charge is 0.366 e. The normalized spacial score (nSPS) is 21.0. The number of anilines is 1. The molecule has 0 aromatic heterocycles. The molecule has 33 heavy (non-hydrogen) atoms. The summed E-state index contributed by atoms with van der Waals surface area (Å²) in [7, 11) is 0. The Bertz CT molecular complexity index is 839. The van der Waals surface area contributed by atoms with Crippen molar-refractivity contribution in [3.05, 3.63) is 34.4 Å². The lowest BCUT2D eigenvalue weighted by Gasteiger charge is -2.39. The number of para-hydroxylation sites is 2. The molecule has 9 heteroatoms. The number of nitro benzene ring substituents is 1. The fourth-order valence-electron chi connectivity index (χ4n) is 5.25. The van der Waals surface area contributed by atoms with Gasteiger partial charge in [0, 0.05) is 64.3 Å². The maximum atomic E-state index is 13.1. The lowest BCUT2D eigenvalue weighted by Crippen LogP contribution is -2.53. The zero-order valence-corrected chi connectivity index (χ0v) is 19.4. The number of amides is 2. The average molecular weight is 458 g/mol. The Morgan fingerprint density at radius 1 is 0.848 bits per heavy atom. The number of carbonyl (C=O) groups is 2. The lowest BCUT2D eigenvalue weighted by atomic mass is 9.94. The van der Waals surface area contributed by atoms with Crippen LogP contribution in [-0.2, 0) is 9.59 Å². The maximum Gasteiger partial charge on any atom is 0.292 e. The fourth-order valence-corrected chi connectivity index (χ4v) is 5.25. The van der Waals surface area contributed by atoms with Gasteiger partial charge in [-0.25, -0.2) is 0 Å². The van der Waals surface area contributed by atoms with Crippen LogP contribution in [0.2, 0.25) is 0 Å². The molecule has 0 aliphatic carbocycles. The van der Waals surface area contributed by atoms with E-state index >= 15 is 0 Å². The van der Waals surface area contributed by atoms with Gasteiger partial charge < -0.3 is 14.7 Å². The van der Waals surface area contributed by atoms with E-state index in [-0.39, 0.29) is 28.3 Å². The molecule has 3 fully saturated rings. The third-order valence-corrected chi connectivity index (χ3v) is 7.26. The van der Waals surface area contributed by atoms with Crippen LogP contribution in [0.5, 0.6) is 0 Å². The van der Waals surface area contributed by atoms with Crippen molar-refractivity contribution in [1.82, 2.24) is 14.7 Å². The summed E-state index contributed by atoms with van der Waals surface area (Å²) in [5.74, 6) is 0.379. The van der Waals surface area contributed by atoms with Crippen molar-refractivity contribution in [2.24, 2.45) is 5.92 Å². The number of nitrogens with zero attached hydrogens (tertiary/aromatic N) is 5. The molecule has 3 aliphatic heterocycles. The zero-order valence-electron chi connectivity index (χ0n) is 19.4. The van der Waals surface area contributed by atoms with Crippen molar-refractivity contribution >= 4 is 23.2 Å². The molecule has 2 amide bonds. The zero-order chi connectivity index (χ0) is 23.2. The van der Waals surface area contributed by atoms with Gasteiger partial charge in [0.1, 0.15) is 5.69 Å². The van der Waals surface area contributed by atoms with Gasteiger partial charge in [0.15, 0.2) is 0 Å². The molecule has 0 bridgehead atoms. The highest BCUT2D eigenvalue weighted by Gasteiger charge is 2.32. The van der Waals surface area contributed by atoms with Crippen LogP contribution < -0.4 is 4.90 Å². The lowest BCUT2D eigenvalue weighted by molar-refractivity contribution is -0.384. The molecule has 0 spiro atoms. The van der Waals surface area contributed by atoms with Crippen LogP contribution in [-0.4, -0.2) is 90.3 Å². The van der Waals surface area contributed by atoms with Gasteiger partial charge in [0.2, 0.25) is 11.8 Å². The minimum atomic E-state index is -0.344. The number of likely N-dealkylation sites (tertiary alicyclic amines) is 1. The second kappa shape index (κ2) is 11.0. The summed E-state index contributed by atoms with van der Waals surface area (Å²) in [4.78, 5) is 44.9. The number of piperazine rings is 1. The second-order valence-electron chi connectivity index (χ2n) is 9.40. The molecule has 4 rings (SSSR count). The summed E-state index contributed by atoms with van der Waals surface area (Å²) in [6.07, 6.45) is 6.05. The summed E-state index contributed by atoms with van der Waals surface area (Å²) < 4.78 is 0. The summed E-state index contributed by atoms with van der Waals surface area (Å²) in [5.41, 5.74) is 0.754. The Morgan fingerprint density at radius 2 is 1.48 bits per heavy atom. The van der Waals surface area contributed by atoms with Crippen LogP contribution in [0.15, 0.2) is 24.3 Å². The van der Waals surface area contributed by atoms with Gasteiger partial charge in [-0.3, -0.25) is 24.6 Å². The smallest absolute Gasteiger partial charge is 0.292 e. The van der Waals surface area contributed by atoms with Gasteiger partial charge in [-0.2, -0.15) is 0 Å². The van der Waals surface area contributed by atoms with Crippen LogP contribution in [0.3, 0.4) is 0 Å². The first kappa shape index (κ1) is 23.5. The summed E-state index contributed by atoms with van der Waals surface area (Å²) >= 11 is 0. The van der Waals surface area contributed by atoms with Crippen LogP contribution in [0.4, 0.5) is 11.4 Å². The Balaban J connectivity index is 1.23. The number of rotatable bonds is 5. The molecule has 0 atom stereocenters. The van der Waals surface area contributed by atoms with Crippen LogP contribution in [0.1, 0.15) is 38.5 Å². The van der Waals surface area contributed by atoms with Crippen molar-refractivity contribution in [3.63, 3.8) is 0 Å². The molecule has 1 aromatic rings. The Hall–Kier alpha value is -2.68. The summed E-state index contributed by atoms with van der Waals surface area (Å²) in [6.45, 7) is 6.30. The number of nitro groups is 1. The molecule has 9 nitrogen and oxygen atoms in total. The minimum Gasteiger partial charge on any atom is -0.366 e. The van der Waals surface area contributed by atoms with Gasteiger partial charge in [0.05, 0.1) is 11.5 Å². The topological polar surface area (TPSA) is 90.2 Å². The van der Waals surface area contributed by atoms with Crippen molar-refractivity contribution in [2.75, 3.05) is 63.8 Å². The molecule has 180 valence electrons. The fraction of sp³-hybridized carbons (Fsp3) is 0.667.